The SMILES string of the molecule is CC(C)c1cc(-c2ccc3ccccc3c2)cc(O)c1O.CC(C)c1cc(O)c(O)c(-c2ccc3ccccc3c2)c1.Cc1cccc(-c2cccc(C(C)C)c2)c1O. The van der Waals surface area contributed by atoms with Crippen LogP contribution in [0, 0.1) is 6.92 Å². The second-order valence-corrected chi connectivity index (χ2v) is 16.1. The minimum atomic E-state index is -0.0654. The maximum Gasteiger partial charge on any atom is 0.165 e. The molecule has 0 fully saturated rings. The number of fused-ring (bicyclic) bond motifs is 2. The summed E-state index contributed by atoms with van der Waals surface area (Å²) in [5.74, 6) is 1.11. The lowest BCUT2D eigenvalue weighted by Crippen LogP contribution is -1.90. The predicted octanol–water partition coefficient (Wildman–Crippen LogP) is 14.6. The Morgan fingerprint density at radius 1 is 0.339 bits per heavy atom. The van der Waals surface area contributed by atoms with Crippen LogP contribution in [0.25, 0.3) is 54.9 Å². The third-order valence-electron chi connectivity index (χ3n) is 10.8. The lowest BCUT2D eigenvalue weighted by Gasteiger charge is -2.13. The summed E-state index contributed by atoms with van der Waals surface area (Å²) in [7, 11) is 0. The van der Waals surface area contributed by atoms with Crippen LogP contribution in [-0.4, -0.2) is 25.5 Å². The predicted molar refractivity (Wildman–Crippen MR) is 246 cm³/mol. The van der Waals surface area contributed by atoms with E-state index in [0.29, 0.717) is 17.2 Å². The minimum Gasteiger partial charge on any atom is -0.507 e. The van der Waals surface area contributed by atoms with Gasteiger partial charge in [-0.3, -0.25) is 0 Å². The lowest BCUT2D eigenvalue weighted by atomic mass is 9.94. The van der Waals surface area contributed by atoms with Crippen LogP contribution in [0.2, 0.25) is 0 Å². The zero-order valence-corrected chi connectivity index (χ0v) is 34.9. The van der Waals surface area contributed by atoms with Crippen LogP contribution in [0.5, 0.6) is 28.7 Å². The summed E-state index contributed by atoms with van der Waals surface area (Å²) in [5, 5.41) is 54.8. The average molecular weight is 783 g/mol. The van der Waals surface area contributed by atoms with Gasteiger partial charge in [-0.1, -0.05) is 157 Å². The van der Waals surface area contributed by atoms with Crippen molar-refractivity contribution >= 4 is 21.5 Å². The molecule has 8 aromatic carbocycles. The van der Waals surface area contributed by atoms with Crippen LogP contribution in [0.4, 0.5) is 0 Å². The van der Waals surface area contributed by atoms with Crippen molar-refractivity contribution in [2.45, 2.75) is 66.2 Å². The van der Waals surface area contributed by atoms with Crippen LogP contribution in [-0.2, 0) is 0 Å². The second kappa shape index (κ2) is 18.3. The number of hydrogen-bond donors (Lipinski definition) is 5. The molecule has 0 saturated heterocycles. The maximum absolute atomic E-state index is 10.2. The fraction of sp³-hybridized carbons (Fsp3) is 0.185. The van der Waals surface area contributed by atoms with E-state index in [1.807, 2.05) is 118 Å². The normalized spacial score (nSPS) is 11.1. The van der Waals surface area contributed by atoms with Crippen LogP contribution in [0.15, 0.2) is 152 Å². The highest BCUT2D eigenvalue weighted by atomic mass is 16.3. The Hall–Kier alpha value is -6.72. The van der Waals surface area contributed by atoms with Crippen molar-refractivity contribution < 1.29 is 25.5 Å². The molecule has 5 N–H and O–H groups in total. The Morgan fingerprint density at radius 3 is 1.49 bits per heavy atom. The van der Waals surface area contributed by atoms with Crippen LogP contribution in [0.1, 0.15) is 81.5 Å². The number of benzene rings is 8. The molecule has 0 aliphatic heterocycles. The van der Waals surface area contributed by atoms with Crippen molar-refractivity contribution in [1.82, 2.24) is 0 Å². The van der Waals surface area contributed by atoms with Gasteiger partial charge in [0.15, 0.2) is 23.0 Å². The Morgan fingerprint density at radius 2 is 0.881 bits per heavy atom. The van der Waals surface area contributed by atoms with Crippen molar-refractivity contribution in [3.05, 3.63) is 174 Å². The van der Waals surface area contributed by atoms with E-state index in [2.05, 4.69) is 70.2 Å². The Kier molecular flexibility index (Phi) is 13.0. The monoisotopic (exact) mass is 782 g/mol. The standard InChI is InChI=1S/2C19H18O2.C16H18O/c1-12(2)17-10-16(11-18(20)19(17)21)15-8-7-13-5-3-4-6-14(13)9-15;1-12(2)16-10-17(19(21)18(20)11-16)15-8-7-13-5-3-4-6-14(13)9-15;1-11(2)13-7-5-8-14(10-13)15-9-4-6-12(3)16(15)17/h2*3-12,20-21H,1-2H3;4-11,17H,1-3H3. The molecule has 8 aromatic rings. The molecule has 0 spiro atoms. The molecule has 0 radical (unpaired) electrons. The number of phenols is 5. The van der Waals surface area contributed by atoms with E-state index < -0.39 is 0 Å². The topological polar surface area (TPSA) is 101 Å². The van der Waals surface area contributed by atoms with Gasteiger partial charge in [0, 0.05) is 16.7 Å². The largest absolute Gasteiger partial charge is 0.507 e. The van der Waals surface area contributed by atoms with Gasteiger partial charge < -0.3 is 25.5 Å². The third-order valence-corrected chi connectivity index (χ3v) is 10.8. The van der Waals surface area contributed by atoms with E-state index >= 15 is 0 Å². The molecule has 8 rings (SSSR count). The molecular formula is C54H54O5. The number of aryl methyl sites for hydroxylation is 1. The maximum atomic E-state index is 10.2. The van der Waals surface area contributed by atoms with Gasteiger partial charge in [-0.25, -0.2) is 0 Å². The fourth-order valence-corrected chi connectivity index (χ4v) is 7.13. The summed E-state index contributed by atoms with van der Waals surface area (Å²) in [6, 6.07) is 49.9. The smallest absolute Gasteiger partial charge is 0.165 e. The molecule has 5 heteroatoms. The lowest BCUT2D eigenvalue weighted by molar-refractivity contribution is 0.398. The molecule has 0 heterocycles. The minimum absolute atomic E-state index is 0.0189. The number of rotatable bonds is 6. The van der Waals surface area contributed by atoms with Crippen molar-refractivity contribution in [2.75, 3.05) is 0 Å². The van der Waals surface area contributed by atoms with Gasteiger partial charge in [0.2, 0.25) is 0 Å². The summed E-state index contributed by atoms with van der Waals surface area (Å²) in [5.41, 5.74) is 9.50. The molecule has 0 amide bonds. The Labute approximate surface area is 348 Å². The molecule has 5 nitrogen and oxygen atoms in total. The molecule has 300 valence electrons. The fourth-order valence-electron chi connectivity index (χ4n) is 7.13. The van der Waals surface area contributed by atoms with Gasteiger partial charge >= 0.3 is 0 Å². The van der Waals surface area contributed by atoms with E-state index in [4.69, 9.17) is 0 Å². The molecule has 0 saturated carbocycles. The first kappa shape index (κ1) is 41.9. The van der Waals surface area contributed by atoms with Gasteiger partial charge in [-0.2, -0.15) is 0 Å². The second-order valence-electron chi connectivity index (χ2n) is 16.1. The molecule has 0 aliphatic rings. The number of para-hydroxylation sites is 1. The van der Waals surface area contributed by atoms with Crippen molar-refractivity contribution in [2.24, 2.45) is 0 Å². The number of hydrogen-bond acceptors (Lipinski definition) is 5. The van der Waals surface area contributed by atoms with Crippen molar-refractivity contribution in [3.8, 4) is 62.1 Å². The molecule has 0 atom stereocenters. The molecular weight excluding hydrogens is 729 g/mol. The van der Waals surface area contributed by atoms with Crippen molar-refractivity contribution in [3.63, 3.8) is 0 Å². The molecule has 0 bridgehead atoms. The molecule has 59 heavy (non-hydrogen) atoms. The number of phenolic OH excluding ortho intramolecular Hbond substituents is 5. The first-order valence-corrected chi connectivity index (χ1v) is 20.2. The summed E-state index contributed by atoms with van der Waals surface area (Å²) in [6.07, 6.45) is 0. The van der Waals surface area contributed by atoms with Crippen LogP contribution in [0.3, 0.4) is 0 Å². The van der Waals surface area contributed by atoms with Gasteiger partial charge in [0.05, 0.1) is 0 Å². The van der Waals surface area contributed by atoms with Crippen LogP contribution < -0.4 is 0 Å². The number of aromatic hydroxyl groups is 5. The summed E-state index contributed by atoms with van der Waals surface area (Å²) in [6.45, 7) is 14.4. The summed E-state index contributed by atoms with van der Waals surface area (Å²) < 4.78 is 0. The van der Waals surface area contributed by atoms with Gasteiger partial charge in [0.25, 0.3) is 0 Å². The van der Waals surface area contributed by atoms with Crippen molar-refractivity contribution in [1.29, 1.82) is 0 Å². The van der Waals surface area contributed by atoms with E-state index in [1.165, 1.54) is 10.9 Å². The van der Waals surface area contributed by atoms with Gasteiger partial charge in [-0.15, -0.1) is 0 Å². The van der Waals surface area contributed by atoms with Gasteiger partial charge in [-0.05, 0) is 122 Å². The van der Waals surface area contributed by atoms with Gasteiger partial charge in [0.1, 0.15) is 5.75 Å². The first-order valence-electron chi connectivity index (χ1n) is 20.2. The third kappa shape index (κ3) is 9.70. The zero-order chi connectivity index (χ0) is 42.4. The Balaban J connectivity index is 0.000000150. The molecule has 0 aromatic heterocycles. The highest BCUT2D eigenvalue weighted by Gasteiger charge is 2.15. The molecule has 0 unspecified atom stereocenters. The zero-order valence-electron chi connectivity index (χ0n) is 34.9. The molecule has 0 aliphatic carbocycles. The first-order chi connectivity index (χ1) is 28.2. The van der Waals surface area contributed by atoms with E-state index in [1.54, 1.807) is 12.1 Å². The Bertz CT molecular complexity index is 2720. The quantitative estimate of drug-likeness (QED) is 0.108. The summed E-state index contributed by atoms with van der Waals surface area (Å²) >= 11 is 0. The highest BCUT2D eigenvalue weighted by molar-refractivity contribution is 5.89. The van der Waals surface area contributed by atoms with Crippen LogP contribution >= 0.6 is 0 Å². The average Bonchev–Trinajstić information content (AvgIpc) is 3.23. The van der Waals surface area contributed by atoms with E-state index in [-0.39, 0.29) is 34.8 Å². The van der Waals surface area contributed by atoms with E-state index in [0.717, 1.165) is 60.7 Å². The summed E-state index contributed by atoms with van der Waals surface area (Å²) in [4.78, 5) is 0. The van der Waals surface area contributed by atoms with E-state index in [9.17, 15) is 25.5 Å². The highest BCUT2D eigenvalue weighted by Crippen LogP contribution is 2.41.